The maximum Gasteiger partial charge on any atom is 0.251 e. The smallest absolute Gasteiger partial charge is 0.251 e. The van der Waals surface area contributed by atoms with Gasteiger partial charge in [0.2, 0.25) is 0 Å². The Hall–Kier alpha value is -1.75. The predicted octanol–water partition coefficient (Wildman–Crippen LogP) is 0.959. The van der Waals surface area contributed by atoms with E-state index in [0.29, 0.717) is 23.6 Å². The molecule has 0 saturated carbocycles. The summed E-state index contributed by atoms with van der Waals surface area (Å²) in [5.41, 5.74) is 6.87. The molecular formula is C13H21N3O2. The molecule has 18 heavy (non-hydrogen) atoms. The summed E-state index contributed by atoms with van der Waals surface area (Å²) in [4.78, 5) is 13.5. The molecule has 3 N–H and O–H groups in total. The summed E-state index contributed by atoms with van der Waals surface area (Å²) in [6.45, 7) is 1.58. The lowest BCUT2D eigenvalue weighted by molar-refractivity contribution is 0.0963. The number of nitrogens with zero attached hydrogens (tertiary/aromatic N) is 1. The highest BCUT2D eigenvalue weighted by atomic mass is 16.5. The Morgan fingerprint density at radius 3 is 2.72 bits per heavy atom. The normalized spacial score (nSPS) is 10.4. The number of carbonyl (C=O) groups excluding carboxylic acids is 1. The van der Waals surface area contributed by atoms with Gasteiger partial charge < -0.3 is 20.7 Å². The molecule has 0 aromatic heterocycles. The molecule has 5 nitrogen and oxygen atoms in total. The summed E-state index contributed by atoms with van der Waals surface area (Å²) < 4.78 is 5.57. The van der Waals surface area contributed by atoms with E-state index in [4.69, 9.17) is 10.5 Å². The number of nitrogen functional groups attached to an aromatic ring is 1. The molecule has 0 aliphatic rings. The van der Waals surface area contributed by atoms with Gasteiger partial charge in [0.15, 0.2) is 0 Å². The number of rotatable bonds is 6. The SMILES string of the molecule is CNC(=O)c1ccc(OCCCN(C)C)c(N)c1. The van der Waals surface area contributed by atoms with Crippen LogP contribution in [-0.2, 0) is 0 Å². The number of nitrogens with two attached hydrogens (primary N) is 1. The van der Waals surface area contributed by atoms with Crippen LogP contribution in [0.3, 0.4) is 0 Å². The number of nitrogens with one attached hydrogen (secondary N) is 1. The van der Waals surface area contributed by atoms with Crippen LogP contribution in [0.15, 0.2) is 18.2 Å². The quantitative estimate of drug-likeness (QED) is 0.583. The van der Waals surface area contributed by atoms with Gasteiger partial charge in [-0.05, 0) is 38.7 Å². The molecule has 100 valence electrons. The topological polar surface area (TPSA) is 67.6 Å². The van der Waals surface area contributed by atoms with E-state index in [1.54, 1.807) is 25.2 Å². The highest BCUT2D eigenvalue weighted by Crippen LogP contribution is 2.22. The monoisotopic (exact) mass is 251 g/mol. The van der Waals surface area contributed by atoms with Crippen LogP contribution in [0, 0.1) is 0 Å². The van der Waals surface area contributed by atoms with Crippen LogP contribution in [0.4, 0.5) is 5.69 Å². The van der Waals surface area contributed by atoms with Crippen LogP contribution in [-0.4, -0.2) is 45.1 Å². The van der Waals surface area contributed by atoms with E-state index in [0.717, 1.165) is 13.0 Å². The van der Waals surface area contributed by atoms with Gasteiger partial charge in [-0.1, -0.05) is 0 Å². The van der Waals surface area contributed by atoms with Gasteiger partial charge in [0, 0.05) is 19.2 Å². The minimum Gasteiger partial charge on any atom is -0.491 e. The third-order valence-corrected chi connectivity index (χ3v) is 2.51. The molecule has 1 amide bonds. The summed E-state index contributed by atoms with van der Waals surface area (Å²) in [6, 6.07) is 5.06. The second-order valence-corrected chi connectivity index (χ2v) is 4.34. The first kappa shape index (κ1) is 14.3. The molecule has 0 aliphatic carbocycles. The third-order valence-electron chi connectivity index (χ3n) is 2.51. The van der Waals surface area contributed by atoms with Crippen molar-refractivity contribution in [3.05, 3.63) is 23.8 Å². The van der Waals surface area contributed by atoms with Crippen LogP contribution >= 0.6 is 0 Å². The van der Waals surface area contributed by atoms with Crippen LogP contribution in [0.25, 0.3) is 0 Å². The highest BCUT2D eigenvalue weighted by molar-refractivity contribution is 5.95. The number of anilines is 1. The molecule has 0 unspecified atom stereocenters. The molecule has 0 saturated heterocycles. The first-order valence-electron chi connectivity index (χ1n) is 5.93. The Labute approximate surface area is 108 Å². The third kappa shape index (κ3) is 4.25. The van der Waals surface area contributed by atoms with Crippen molar-refractivity contribution in [3.8, 4) is 5.75 Å². The van der Waals surface area contributed by atoms with Crippen molar-refractivity contribution in [2.75, 3.05) is 40.0 Å². The average Bonchev–Trinajstić information content (AvgIpc) is 2.34. The zero-order valence-electron chi connectivity index (χ0n) is 11.2. The van der Waals surface area contributed by atoms with Gasteiger partial charge in [0.1, 0.15) is 5.75 Å². The summed E-state index contributed by atoms with van der Waals surface area (Å²) in [7, 11) is 5.63. The first-order valence-corrected chi connectivity index (χ1v) is 5.93. The van der Waals surface area contributed by atoms with Gasteiger partial charge in [0.05, 0.1) is 12.3 Å². The van der Waals surface area contributed by atoms with E-state index in [2.05, 4.69) is 10.2 Å². The maximum atomic E-state index is 11.4. The van der Waals surface area contributed by atoms with Crippen molar-refractivity contribution >= 4 is 11.6 Å². The second kappa shape index (κ2) is 6.86. The second-order valence-electron chi connectivity index (χ2n) is 4.34. The van der Waals surface area contributed by atoms with E-state index >= 15 is 0 Å². The summed E-state index contributed by atoms with van der Waals surface area (Å²) in [5.74, 6) is 0.474. The fourth-order valence-electron chi connectivity index (χ4n) is 1.53. The van der Waals surface area contributed by atoms with Crippen molar-refractivity contribution in [2.45, 2.75) is 6.42 Å². The average molecular weight is 251 g/mol. The summed E-state index contributed by atoms with van der Waals surface area (Å²) in [5, 5.41) is 2.55. The number of amides is 1. The lowest BCUT2D eigenvalue weighted by atomic mass is 10.2. The van der Waals surface area contributed by atoms with Crippen LogP contribution < -0.4 is 15.8 Å². The molecule has 1 aromatic rings. The van der Waals surface area contributed by atoms with Crippen molar-refractivity contribution in [3.63, 3.8) is 0 Å². The summed E-state index contributed by atoms with van der Waals surface area (Å²) in [6.07, 6.45) is 0.934. The minimum absolute atomic E-state index is 0.152. The van der Waals surface area contributed by atoms with E-state index in [9.17, 15) is 4.79 Å². The fourth-order valence-corrected chi connectivity index (χ4v) is 1.53. The predicted molar refractivity (Wildman–Crippen MR) is 72.9 cm³/mol. The number of hydrogen-bond acceptors (Lipinski definition) is 4. The van der Waals surface area contributed by atoms with Gasteiger partial charge in [-0.3, -0.25) is 4.79 Å². The molecule has 0 aliphatic heterocycles. The van der Waals surface area contributed by atoms with E-state index in [1.165, 1.54) is 0 Å². The Morgan fingerprint density at radius 1 is 1.44 bits per heavy atom. The Balaban J connectivity index is 2.55. The molecule has 0 radical (unpaired) electrons. The van der Waals surface area contributed by atoms with E-state index in [-0.39, 0.29) is 5.91 Å². The standard InChI is InChI=1S/C13H21N3O2/c1-15-13(17)10-5-6-12(11(14)9-10)18-8-4-7-16(2)3/h5-6,9H,4,7-8,14H2,1-3H3,(H,15,17). The first-order chi connectivity index (χ1) is 8.54. The molecule has 0 bridgehead atoms. The van der Waals surface area contributed by atoms with Gasteiger partial charge in [-0.15, -0.1) is 0 Å². The lowest BCUT2D eigenvalue weighted by Gasteiger charge is -2.12. The van der Waals surface area contributed by atoms with Crippen LogP contribution in [0.5, 0.6) is 5.75 Å². The van der Waals surface area contributed by atoms with Crippen molar-refractivity contribution in [1.29, 1.82) is 0 Å². The molecule has 1 rings (SSSR count). The lowest BCUT2D eigenvalue weighted by Crippen LogP contribution is -2.18. The highest BCUT2D eigenvalue weighted by Gasteiger charge is 2.07. The molecule has 5 heteroatoms. The van der Waals surface area contributed by atoms with Gasteiger partial charge >= 0.3 is 0 Å². The molecule has 0 spiro atoms. The van der Waals surface area contributed by atoms with Crippen molar-refractivity contribution in [1.82, 2.24) is 10.2 Å². The van der Waals surface area contributed by atoms with Crippen LogP contribution in [0.2, 0.25) is 0 Å². The zero-order valence-corrected chi connectivity index (χ0v) is 11.2. The van der Waals surface area contributed by atoms with E-state index in [1.807, 2.05) is 14.1 Å². The van der Waals surface area contributed by atoms with Crippen molar-refractivity contribution in [2.24, 2.45) is 0 Å². The zero-order chi connectivity index (χ0) is 13.5. The number of hydrogen-bond donors (Lipinski definition) is 2. The Kier molecular flexibility index (Phi) is 5.45. The maximum absolute atomic E-state index is 11.4. The van der Waals surface area contributed by atoms with E-state index < -0.39 is 0 Å². The Morgan fingerprint density at radius 2 is 2.17 bits per heavy atom. The number of ether oxygens (including phenoxy) is 1. The number of carbonyl (C=O) groups is 1. The van der Waals surface area contributed by atoms with Gasteiger partial charge in [0.25, 0.3) is 5.91 Å². The molecule has 0 fully saturated rings. The molecule has 0 atom stereocenters. The molecular weight excluding hydrogens is 230 g/mol. The minimum atomic E-state index is -0.152. The fraction of sp³-hybridized carbons (Fsp3) is 0.462. The van der Waals surface area contributed by atoms with Crippen LogP contribution in [0.1, 0.15) is 16.8 Å². The Bertz CT molecular complexity index is 405. The number of benzene rings is 1. The largest absolute Gasteiger partial charge is 0.491 e. The molecule has 0 heterocycles. The van der Waals surface area contributed by atoms with Gasteiger partial charge in [-0.25, -0.2) is 0 Å². The van der Waals surface area contributed by atoms with Gasteiger partial charge in [-0.2, -0.15) is 0 Å². The summed E-state index contributed by atoms with van der Waals surface area (Å²) >= 11 is 0. The molecule has 1 aromatic carbocycles. The van der Waals surface area contributed by atoms with Crippen molar-refractivity contribution < 1.29 is 9.53 Å².